The molecular formula is C17H24ClN. The molecule has 104 valence electrons. The fourth-order valence-corrected chi connectivity index (χ4v) is 4.20. The first-order chi connectivity index (χ1) is 9.20. The van der Waals surface area contributed by atoms with E-state index in [9.17, 15) is 0 Å². The molecule has 1 saturated carbocycles. The molecule has 2 heteroatoms. The number of piperidine rings is 1. The van der Waals surface area contributed by atoms with Crippen molar-refractivity contribution in [2.75, 3.05) is 13.1 Å². The molecule has 1 spiro atoms. The number of hydrogen-bond donors (Lipinski definition) is 1. The van der Waals surface area contributed by atoms with Crippen LogP contribution in [0.4, 0.5) is 0 Å². The number of rotatable bonds is 1. The van der Waals surface area contributed by atoms with Crippen LogP contribution in [0.15, 0.2) is 24.3 Å². The Labute approximate surface area is 121 Å². The highest BCUT2D eigenvalue weighted by Crippen LogP contribution is 2.52. The van der Waals surface area contributed by atoms with Crippen LogP contribution in [-0.4, -0.2) is 13.1 Å². The van der Waals surface area contributed by atoms with E-state index >= 15 is 0 Å². The van der Waals surface area contributed by atoms with Crippen LogP contribution >= 0.6 is 11.6 Å². The first kappa shape index (κ1) is 13.5. The monoisotopic (exact) mass is 277 g/mol. The second kappa shape index (κ2) is 5.46. The lowest BCUT2D eigenvalue weighted by Gasteiger charge is -2.48. The summed E-state index contributed by atoms with van der Waals surface area (Å²) in [5.41, 5.74) is 2.03. The molecule has 1 aliphatic carbocycles. The van der Waals surface area contributed by atoms with E-state index in [4.69, 9.17) is 11.6 Å². The zero-order valence-corrected chi connectivity index (χ0v) is 12.5. The van der Waals surface area contributed by atoms with Crippen molar-refractivity contribution in [1.29, 1.82) is 0 Å². The molecule has 2 aliphatic rings. The van der Waals surface area contributed by atoms with Gasteiger partial charge in [-0.2, -0.15) is 0 Å². The summed E-state index contributed by atoms with van der Waals surface area (Å²) in [5, 5.41) is 4.44. The third-order valence-corrected chi connectivity index (χ3v) is 5.68. The fourth-order valence-electron chi connectivity index (χ4n) is 4.08. The molecule has 2 fully saturated rings. The van der Waals surface area contributed by atoms with Gasteiger partial charge in [-0.25, -0.2) is 0 Å². The molecule has 1 aromatic rings. The Balaban J connectivity index is 1.86. The minimum atomic E-state index is 0.547. The van der Waals surface area contributed by atoms with Crippen LogP contribution in [0.2, 0.25) is 5.02 Å². The molecule has 1 atom stereocenters. The van der Waals surface area contributed by atoms with E-state index in [-0.39, 0.29) is 0 Å². The molecule has 1 saturated heterocycles. The zero-order chi connectivity index (χ0) is 13.3. The maximum Gasteiger partial charge on any atom is 0.0406 e. The molecule has 1 heterocycles. The molecule has 0 radical (unpaired) electrons. The van der Waals surface area contributed by atoms with Gasteiger partial charge < -0.3 is 5.32 Å². The minimum Gasteiger partial charge on any atom is -0.316 e. The number of halogens is 1. The van der Waals surface area contributed by atoms with Gasteiger partial charge in [-0.05, 0) is 54.8 Å². The van der Waals surface area contributed by atoms with Crippen LogP contribution in [0.5, 0.6) is 0 Å². The third kappa shape index (κ3) is 2.68. The first-order valence-electron chi connectivity index (χ1n) is 7.66. The molecule has 1 aliphatic heterocycles. The van der Waals surface area contributed by atoms with Crippen LogP contribution in [0.25, 0.3) is 0 Å². The molecule has 0 bridgehead atoms. The predicted octanol–water partition coefficient (Wildman–Crippen LogP) is 4.61. The Bertz CT molecular complexity index is 417. The third-order valence-electron chi connectivity index (χ3n) is 5.43. The van der Waals surface area contributed by atoms with E-state index in [2.05, 4.69) is 24.4 Å². The van der Waals surface area contributed by atoms with Crippen molar-refractivity contribution in [3.8, 4) is 0 Å². The average molecular weight is 278 g/mol. The predicted molar refractivity (Wildman–Crippen MR) is 81.7 cm³/mol. The molecule has 1 nitrogen and oxygen atoms in total. The molecule has 1 aromatic carbocycles. The van der Waals surface area contributed by atoms with Crippen LogP contribution in [0.1, 0.15) is 50.5 Å². The number of hydrogen-bond acceptors (Lipinski definition) is 1. The summed E-state index contributed by atoms with van der Waals surface area (Å²) in [7, 11) is 0. The van der Waals surface area contributed by atoms with Crippen LogP contribution in [0, 0.1) is 11.3 Å². The van der Waals surface area contributed by atoms with Gasteiger partial charge in [0.1, 0.15) is 0 Å². The number of nitrogens with one attached hydrogen (secondary N) is 1. The van der Waals surface area contributed by atoms with Gasteiger partial charge in [0.15, 0.2) is 0 Å². The van der Waals surface area contributed by atoms with Gasteiger partial charge in [0.25, 0.3) is 0 Å². The van der Waals surface area contributed by atoms with E-state index in [0.29, 0.717) is 11.3 Å². The van der Waals surface area contributed by atoms with Crippen molar-refractivity contribution in [1.82, 2.24) is 5.32 Å². The second-order valence-electron chi connectivity index (χ2n) is 6.60. The molecule has 0 aromatic heterocycles. The first-order valence-corrected chi connectivity index (χ1v) is 8.04. The summed E-state index contributed by atoms with van der Waals surface area (Å²) in [6.45, 7) is 4.74. The van der Waals surface area contributed by atoms with Gasteiger partial charge in [0.2, 0.25) is 0 Å². The van der Waals surface area contributed by atoms with Gasteiger partial charge >= 0.3 is 0 Å². The lowest BCUT2D eigenvalue weighted by molar-refractivity contribution is 0.0834. The Kier molecular flexibility index (Phi) is 3.86. The van der Waals surface area contributed by atoms with Gasteiger partial charge in [-0.1, -0.05) is 43.5 Å². The van der Waals surface area contributed by atoms with Crippen LogP contribution in [-0.2, 0) is 0 Å². The SMILES string of the molecule is CC1CCC2(CCNCC2c2ccc(Cl)cc2)CC1. The highest BCUT2D eigenvalue weighted by molar-refractivity contribution is 6.30. The summed E-state index contributed by atoms with van der Waals surface area (Å²) >= 11 is 6.03. The van der Waals surface area contributed by atoms with E-state index < -0.39 is 0 Å². The Morgan fingerprint density at radius 1 is 1.11 bits per heavy atom. The van der Waals surface area contributed by atoms with E-state index in [0.717, 1.165) is 17.5 Å². The maximum absolute atomic E-state index is 6.03. The topological polar surface area (TPSA) is 12.0 Å². The maximum atomic E-state index is 6.03. The van der Waals surface area contributed by atoms with E-state index in [1.807, 2.05) is 12.1 Å². The second-order valence-corrected chi connectivity index (χ2v) is 7.04. The van der Waals surface area contributed by atoms with Crippen molar-refractivity contribution in [3.63, 3.8) is 0 Å². The summed E-state index contributed by atoms with van der Waals surface area (Å²) in [6, 6.07) is 8.56. The van der Waals surface area contributed by atoms with Crippen molar-refractivity contribution in [2.24, 2.45) is 11.3 Å². The smallest absolute Gasteiger partial charge is 0.0406 e. The van der Waals surface area contributed by atoms with Crippen molar-refractivity contribution < 1.29 is 0 Å². The zero-order valence-electron chi connectivity index (χ0n) is 11.8. The average Bonchev–Trinajstić information content (AvgIpc) is 2.44. The summed E-state index contributed by atoms with van der Waals surface area (Å²) in [4.78, 5) is 0. The van der Waals surface area contributed by atoms with E-state index in [1.54, 1.807) is 0 Å². The molecule has 19 heavy (non-hydrogen) atoms. The Hall–Kier alpha value is -0.530. The summed E-state index contributed by atoms with van der Waals surface area (Å²) in [5.74, 6) is 1.59. The Morgan fingerprint density at radius 3 is 2.47 bits per heavy atom. The van der Waals surface area contributed by atoms with Crippen molar-refractivity contribution >= 4 is 11.6 Å². The van der Waals surface area contributed by atoms with Gasteiger partial charge in [0, 0.05) is 17.5 Å². The normalized spacial score (nSPS) is 35.5. The quantitative estimate of drug-likeness (QED) is 0.790. The van der Waals surface area contributed by atoms with Crippen LogP contribution in [0.3, 0.4) is 0 Å². The fraction of sp³-hybridized carbons (Fsp3) is 0.647. The van der Waals surface area contributed by atoms with E-state index in [1.165, 1.54) is 44.2 Å². The lowest BCUT2D eigenvalue weighted by atomic mass is 9.59. The van der Waals surface area contributed by atoms with Gasteiger partial charge in [-0.3, -0.25) is 0 Å². The molecule has 3 rings (SSSR count). The molecule has 1 N–H and O–H groups in total. The van der Waals surface area contributed by atoms with Crippen molar-refractivity contribution in [2.45, 2.75) is 44.9 Å². The van der Waals surface area contributed by atoms with Crippen molar-refractivity contribution in [3.05, 3.63) is 34.9 Å². The summed E-state index contributed by atoms with van der Waals surface area (Å²) in [6.07, 6.45) is 6.97. The summed E-state index contributed by atoms with van der Waals surface area (Å²) < 4.78 is 0. The highest BCUT2D eigenvalue weighted by atomic mass is 35.5. The minimum absolute atomic E-state index is 0.547. The van der Waals surface area contributed by atoms with Crippen LogP contribution < -0.4 is 5.32 Å². The van der Waals surface area contributed by atoms with Gasteiger partial charge in [0.05, 0.1) is 0 Å². The molecule has 1 unspecified atom stereocenters. The highest BCUT2D eigenvalue weighted by Gasteiger charge is 2.42. The van der Waals surface area contributed by atoms with Gasteiger partial charge in [-0.15, -0.1) is 0 Å². The molecule has 0 amide bonds. The number of benzene rings is 1. The standard InChI is InChI=1S/C17H24ClN/c1-13-6-8-17(9-7-13)10-11-19-12-16(17)14-2-4-15(18)5-3-14/h2-5,13,16,19H,6-12H2,1H3. The Morgan fingerprint density at radius 2 is 1.79 bits per heavy atom. The largest absolute Gasteiger partial charge is 0.316 e. The molecular weight excluding hydrogens is 254 g/mol. The lowest BCUT2D eigenvalue weighted by Crippen LogP contribution is -2.45.